The number of benzene rings is 2. The van der Waals surface area contributed by atoms with E-state index in [0.717, 1.165) is 0 Å². The summed E-state index contributed by atoms with van der Waals surface area (Å²) in [6, 6.07) is 11.7. The molecule has 8 heteroatoms. The Labute approximate surface area is 167 Å². The Bertz CT molecular complexity index is 797. The lowest BCUT2D eigenvalue weighted by Gasteiger charge is -2.10. The number of esters is 1. The molecular weight excluding hydrogens is 393 g/mol. The zero-order chi connectivity index (χ0) is 19.6. The first kappa shape index (κ1) is 20.9. The molecule has 2 rings (SSSR count). The van der Waals surface area contributed by atoms with Crippen molar-refractivity contribution < 1.29 is 23.8 Å². The molecule has 2 aromatic rings. The van der Waals surface area contributed by atoms with Crippen LogP contribution in [0.5, 0.6) is 11.5 Å². The second-order valence-corrected chi connectivity index (χ2v) is 6.31. The van der Waals surface area contributed by atoms with Gasteiger partial charge in [0.25, 0.3) is 0 Å². The summed E-state index contributed by atoms with van der Waals surface area (Å²) in [5, 5.41) is 3.73. The van der Waals surface area contributed by atoms with Crippen LogP contribution in [-0.2, 0) is 14.3 Å². The third kappa shape index (κ3) is 7.37. The number of nitrogens with one attached hydrogen (secondary N) is 1. The SMILES string of the molecule is COC(=O)COc1cccc(NC(=O)CCCOc2ccc(Cl)cc2Cl)c1. The van der Waals surface area contributed by atoms with Gasteiger partial charge >= 0.3 is 5.97 Å². The Morgan fingerprint density at radius 2 is 1.89 bits per heavy atom. The van der Waals surface area contributed by atoms with E-state index in [1.165, 1.54) is 7.11 Å². The van der Waals surface area contributed by atoms with Gasteiger partial charge in [0.1, 0.15) is 11.5 Å². The normalized spacial score (nSPS) is 10.2. The van der Waals surface area contributed by atoms with Crippen LogP contribution in [0.25, 0.3) is 0 Å². The predicted molar refractivity (Wildman–Crippen MR) is 104 cm³/mol. The Balaban J connectivity index is 1.74. The van der Waals surface area contributed by atoms with Crippen molar-refractivity contribution in [1.29, 1.82) is 0 Å². The van der Waals surface area contributed by atoms with E-state index in [1.54, 1.807) is 42.5 Å². The summed E-state index contributed by atoms with van der Waals surface area (Å²) >= 11 is 11.8. The van der Waals surface area contributed by atoms with Crippen molar-refractivity contribution in [2.45, 2.75) is 12.8 Å². The van der Waals surface area contributed by atoms with E-state index in [1.807, 2.05) is 0 Å². The third-order valence-electron chi connectivity index (χ3n) is 3.40. The average molecular weight is 412 g/mol. The Morgan fingerprint density at radius 1 is 1.07 bits per heavy atom. The van der Waals surface area contributed by atoms with Crippen LogP contribution in [0, 0.1) is 0 Å². The molecule has 0 aliphatic rings. The lowest BCUT2D eigenvalue weighted by Crippen LogP contribution is -2.14. The summed E-state index contributed by atoms with van der Waals surface area (Å²) in [6.07, 6.45) is 0.793. The molecule has 0 aliphatic carbocycles. The third-order valence-corrected chi connectivity index (χ3v) is 3.93. The minimum absolute atomic E-state index is 0.161. The number of halogens is 2. The highest BCUT2D eigenvalue weighted by Gasteiger charge is 2.07. The van der Waals surface area contributed by atoms with Crippen LogP contribution in [-0.4, -0.2) is 32.2 Å². The van der Waals surface area contributed by atoms with Crippen molar-refractivity contribution in [3.05, 3.63) is 52.5 Å². The summed E-state index contributed by atoms with van der Waals surface area (Å²) in [6.45, 7) is 0.148. The zero-order valence-corrected chi connectivity index (χ0v) is 16.2. The minimum Gasteiger partial charge on any atom is -0.492 e. The fourth-order valence-corrected chi connectivity index (χ4v) is 2.56. The summed E-state index contributed by atoms with van der Waals surface area (Å²) < 4.78 is 15.3. The molecule has 0 spiro atoms. The Kier molecular flexibility index (Phi) is 8.23. The van der Waals surface area contributed by atoms with Gasteiger partial charge in [-0.3, -0.25) is 4.79 Å². The van der Waals surface area contributed by atoms with Gasteiger partial charge in [-0.15, -0.1) is 0 Å². The van der Waals surface area contributed by atoms with Gasteiger partial charge < -0.3 is 19.5 Å². The maximum atomic E-state index is 12.0. The highest BCUT2D eigenvalue weighted by molar-refractivity contribution is 6.35. The summed E-state index contributed by atoms with van der Waals surface area (Å²) in [7, 11) is 1.28. The first-order valence-electron chi connectivity index (χ1n) is 8.15. The van der Waals surface area contributed by atoms with E-state index < -0.39 is 5.97 Å². The number of anilines is 1. The van der Waals surface area contributed by atoms with E-state index >= 15 is 0 Å². The predicted octanol–water partition coefficient (Wildman–Crippen LogP) is 4.34. The first-order valence-corrected chi connectivity index (χ1v) is 8.91. The molecule has 27 heavy (non-hydrogen) atoms. The molecule has 6 nitrogen and oxygen atoms in total. The molecule has 0 bridgehead atoms. The monoisotopic (exact) mass is 411 g/mol. The van der Waals surface area contributed by atoms with Gasteiger partial charge in [-0.1, -0.05) is 29.3 Å². The van der Waals surface area contributed by atoms with Crippen LogP contribution < -0.4 is 14.8 Å². The van der Waals surface area contributed by atoms with E-state index in [-0.39, 0.29) is 18.9 Å². The number of carbonyl (C=O) groups is 2. The molecule has 0 unspecified atom stereocenters. The quantitative estimate of drug-likeness (QED) is 0.490. The molecule has 0 aliphatic heterocycles. The fraction of sp³-hybridized carbons (Fsp3) is 0.263. The second kappa shape index (κ2) is 10.6. The lowest BCUT2D eigenvalue weighted by molar-refractivity contribution is -0.142. The average Bonchev–Trinajstić information content (AvgIpc) is 2.65. The van der Waals surface area contributed by atoms with Crippen molar-refractivity contribution >= 4 is 40.8 Å². The smallest absolute Gasteiger partial charge is 0.343 e. The molecule has 1 N–H and O–H groups in total. The molecule has 0 saturated heterocycles. The maximum absolute atomic E-state index is 12.0. The number of rotatable bonds is 9. The molecule has 0 radical (unpaired) electrons. The number of ether oxygens (including phenoxy) is 3. The largest absolute Gasteiger partial charge is 0.492 e. The van der Waals surface area contributed by atoms with Gasteiger partial charge in [-0.25, -0.2) is 4.79 Å². The minimum atomic E-state index is -0.481. The van der Waals surface area contributed by atoms with Gasteiger partial charge in [-0.2, -0.15) is 0 Å². The van der Waals surface area contributed by atoms with E-state index in [9.17, 15) is 9.59 Å². The standard InChI is InChI=1S/C19H19Cl2NO5/c1-25-19(24)12-27-15-5-2-4-14(11-15)22-18(23)6-3-9-26-17-8-7-13(20)10-16(17)21/h2,4-5,7-8,10-11H,3,6,9,12H2,1H3,(H,22,23). The molecule has 0 atom stereocenters. The number of hydrogen-bond acceptors (Lipinski definition) is 5. The van der Waals surface area contributed by atoms with Gasteiger partial charge in [0.15, 0.2) is 6.61 Å². The number of methoxy groups -OCH3 is 1. The van der Waals surface area contributed by atoms with Crippen LogP contribution >= 0.6 is 23.2 Å². The topological polar surface area (TPSA) is 73.9 Å². The molecule has 2 aromatic carbocycles. The molecule has 144 valence electrons. The number of hydrogen-bond donors (Lipinski definition) is 1. The van der Waals surface area contributed by atoms with Crippen LogP contribution in [0.4, 0.5) is 5.69 Å². The van der Waals surface area contributed by atoms with Crippen LogP contribution in [0.3, 0.4) is 0 Å². The van der Waals surface area contributed by atoms with Gasteiger partial charge in [-0.05, 0) is 36.8 Å². The molecular formula is C19H19Cl2NO5. The maximum Gasteiger partial charge on any atom is 0.343 e. The summed E-state index contributed by atoms with van der Waals surface area (Å²) in [4.78, 5) is 23.1. The lowest BCUT2D eigenvalue weighted by atomic mass is 10.2. The van der Waals surface area contributed by atoms with Crippen molar-refractivity contribution in [3.63, 3.8) is 0 Å². The van der Waals surface area contributed by atoms with Crippen LogP contribution in [0.2, 0.25) is 10.0 Å². The zero-order valence-electron chi connectivity index (χ0n) is 14.7. The molecule has 1 amide bonds. The van der Waals surface area contributed by atoms with Crippen LogP contribution in [0.1, 0.15) is 12.8 Å². The van der Waals surface area contributed by atoms with Crippen molar-refractivity contribution in [3.8, 4) is 11.5 Å². The Morgan fingerprint density at radius 3 is 2.63 bits per heavy atom. The number of carbonyl (C=O) groups excluding carboxylic acids is 2. The summed E-state index contributed by atoms with van der Waals surface area (Å²) in [5.74, 6) is 0.340. The highest BCUT2D eigenvalue weighted by atomic mass is 35.5. The van der Waals surface area contributed by atoms with Crippen molar-refractivity contribution in [2.75, 3.05) is 25.6 Å². The molecule has 0 fully saturated rings. The van der Waals surface area contributed by atoms with Gasteiger partial charge in [0, 0.05) is 23.2 Å². The van der Waals surface area contributed by atoms with Crippen LogP contribution in [0.15, 0.2) is 42.5 Å². The van der Waals surface area contributed by atoms with Gasteiger partial charge in [0.2, 0.25) is 5.91 Å². The van der Waals surface area contributed by atoms with E-state index in [2.05, 4.69) is 10.1 Å². The molecule has 0 aromatic heterocycles. The van der Waals surface area contributed by atoms with Crippen molar-refractivity contribution in [1.82, 2.24) is 0 Å². The first-order chi connectivity index (χ1) is 13.0. The van der Waals surface area contributed by atoms with Gasteiger partial charge in [0.05, 0.1) is 18.7 Å². The molecule has 0 saturated carbocycles. The highest BCUT2D eigenvalue weighted by Crippen LogP contribution is 2.27. The van der Waals surface area contributed by atoms with E-state index in [4.69, 9.17) is 32.7 Å². The second-order valence-electron chi connectivity index (χ2n) is 5.47. The van der Waals surface area contributed by atoms with Crippen molar-refractivity contribution in [2.24, 2.45) is 0 Å². The fourth-order valence-electron chi connectivity index (χ4n) is 2.10. The molecule has 0 heterocycles. The summed E-state index contributed by atoms with van der Waals surface area (Å²) in [5.41, 5.74) is 0.573. The Hall–Kier alpha value is -2.44. The van der Waals surface area contributed by atoms with E-state index in [0.29, 0.717) is 40.3 Å². The number of amides is 1.